The second-order valence-electron chi connectivity index (χ2n) is 5.96. The number of benzene rings is 2. The molecule has 2 aromatic rings. The molecule has 2 nitrogen and oxygen atoms in total. The van der Waals surface area contributed by atoms with Gasteiger partial charge in [-0.2, -0.15) is 0 Å². The van der Waals surface area contributed by atoms with Crippen molar-refractivity contribution < 1.29 is 4.74 Å². The standard InChI is InChI=1S/C18H21NO/c1-18(12-14-7-5-4-6-8-14)13-19(2)17-10-9-15(20-3)11-16(17)18/h4-11H,12-13H2,1-3H3. The fourth-order valence-corrected chi connectivity index (χ4v) is 3.35. The molecule has 1 atom stereocenters. The van der Waals surface area contributed by atoms with Gasteiger partial charge in [-0.15, -0.1) is 0 Å². The number of nitrogens with zero attached hydrogens (tertiary/aromatic N) is 1. The van der Waals surface area contributed by atoms with Gasteiger partial charge >= 0.3 is 0 Å². The maximum atomic E-state index is 5.40. The first-order valence-corrected chi connectivity index (χ1v) is 7.06. The number of methoxy groups -OCH3 is 1. The van der Waals surface area contributed by atoms with E-state index in [1.165, 1.54) is 16.8 Å². The lowest BCUT2D eigenvalue weighted by Gasteiger charge is -2.25. The maximum Gasteiger partial charge on any atom is 0.119 e. The van der Waals surface area contributed by atoms with Gasteiger partial charge in [0.15, 0.2) is 0 Å². The highest BCUT2D eigenvalue weighted by molar-refractivity contribution is 5.64. The fraction of sp³-hybridized carbons (Fsp3) is 0.333. The van der Waals surface area contributed by atoms with Crippen molar-refractivity contribution in [1.82, 2.24) is 0 Å². The lowest BCUT2D eigenvalue weighted by Crippen LogP contribution is -2.30. The lowest BCUT2D eigenvalue weighted by atomic mass is 9.79. The van der Waals surface area contributed by atoms with Crippen LogP contribution in [0.1, 0.15) is 18.1 Å². The van der Waals surface area contributed by atoms with Crippen molar-refractivity contribution in [2.75, 3.05) is 25.6 Å². The Hall–Kier alpha value is -1.96. The monoisotopic (exact) mass is 267 g/mol. The third-order valence-corrected chi connectivity index (χ3v) is 4.29. The van der Waals surface area contributed by atoms with Crippen molar-refractivity contribution in [3.8, 4) is 5.75 Å². The average molecular weight is 267 g/mol. The number of likely N-dealkylation sites (N-methyl/N-ethyl adjacent to an activating group) is 1. The van der Waals surface area contributed by atoms with E-state index in [9.17, 15) is 0 Å². The van der Waals surface area contributed by atoms with Gasteiger partial charge < -0.3 is 9.64 Å². The van der Waals surface area contributed by atoms with E-state index in [0.29, 0.717) is 0 Å². The molecule has 1 aliphatic heterocycles. The molecule has 0 spiro atoms. The van der Waals surface area contributed by atoms with Gasteiger partial charge in [0.1, 0.15) is 5.75 Å². The zero-order chi connectivity index (χ0) is 14.2. The van der Waals surface area contributed by atoms with Gasteiger partial charge in [-0.05, 0) is 35.7 Å². The molecule has 20 heavy (non-hydrogen) atoms. The summed E-state index contributed by atoms with van der Waals surface area (Å²) in [6, 6.07) is 17.1. The fourth-order valence-electron chi connectivity index (χ4n) is 3.35. The predicted octanol–water partition coefficient (Wildman–Crippen LogP) is 3.65. The summed E-state index contributed by atoms with van der Waals surface area (Å²) in [6.45, 7) is 3.40. The van der Waals surface area contributed by atoms with Gasteiger partial charge in [-0.25, -0.2) is 0 Å². The van der Waals surface area contributed by atoms with Crippen LogP contribution >= 0.6 is 0 Å². The second-order valence-corrected chi connectivity index (χ2v) is 5.96. The summed E-state index contributed by atoms with van der Waals surface area (Å²) in [4.78, 5) is 2.34. The molecule has 0 saturated carbocycles. The van der Waals surface area contributed by atoms with Crippen molar-refractivity contribution >= 4 is 5.69 Å². The van der Waals surface area contributed by atoms with Crippen LogP contribution in [0.2, 0.25) is 0 Å². The highest BCUT2D eigenvalue weighted by Crippen LogP contribution is 2.43. The van der Waals surface area contributed by atoms with Gasteiger partial charge in [0, 0.05) is 24.7 Å². The van der Waals surface area contributed by atoms with Crippen molar-refractivity contribution in [3.05, 3.63) is 59.7 Å². The van der Waals surface area contributed by atoms with E-state index < -0.39 is 0 Å². The van der Waals surface area contributed by atoms with Crippen LogP contribution < -0.4 is 9.64 Å². The zero-order valence-corrected chi connectivity index (χ0v) is 12.4. The molecule has 0 N–H and O–H groups in total. The Kier molecular flexibility index (Phi) is 3.17. The van der Waals surface area contributed by atoms with E-state index in [1.807, 2.05) is 6.07 Å². The van der Waals surface area contributed by atoms with E-state index in [2.05, 4.69) is 61.3 Å². The molecule has 1 heterocycles. The van der Waals surface area contributed by atoms with Gasteiger partial charge in [0.2, 0.25) is 0 Å². The molecule has 0 aromatic heterocycles. The lowest BCUT2D eigenvalue weighted by molar-refractivity contribution is 0.412. The first kappa shape index (κ1) is 13.0. The summed E-state index contributed by atoms with van der Waals surface area (Å²) in [5, 5.41) is 0. The van der Waals surface area contributed by atoms with Crippen molar-refractivity contribution in [1.29, 1.82) is 0 Å². The number of fused-ring (bicyclic) bond motifs is 1. The zero-order valence-electron chi connectivity index (χ0n) is 12.4. The van der Waals surface area contributed by atoms with Crippen LogP contribution in [0.25, 0.3) is 0 Å². The highest BCUT2D eigenvalue weighted by Gasteiger charge is 2.37. The van der Waals surface area contributed by atoms with Crippen LogP contribution in [0.3, 0.4) is 0 Å². The molecule has 1 unspecified atom stereocenters. The van der Waals surface area contributed by atoms with Crippen molar-refractivity contribution in [2.45, 2.75) is 18.8 Å². The molecular weight excluding hydrogens is 246 g/mol. The quantitative estimate of drug-likeness (QED) is 0.841. The molecule has 0 amide bonds. The molecule has 3 rings (SSSR count). The molecule has 0 saturated heterocycles. The van der Waals surface area contributed by atoms with Crippen molar-refractivity contribution in [3.63, 3.8) is 0 Å². The van der Waals surface area contributed by atoms with Crippen LogP contribution in [-0.4, -0.2) is 20.7 Å². The van der Waals surface area contributed by atoms with Crippen LogP contribution in [0.5, 0.6) is 5.75 Å². The maximum absolute atomic E-state index is 5.40. The van der Waals surface area contributed by atoms with Gasteiger partial charge in [0.05, 0.1) is 7.11 Å². The second kappa shape index (κ2) is 4.86. The topological polar surface area (TPSA) is 12.5 Å². The van der Waals surface area contributed by atoms with Crippen LogP contribution in [0, 0.1) is 0 Å². The summed E-state index contributed by atoms with van der Waals surface area (Å²) in [6.07, 6.45) is 1.05. The minimum absolute atomic E-state index is 0.139. The molecular formula is C18H21NO. The van der Waals surface area contributed by atoms with Gasteiger partial charge in [0.25, 0.3) is 0 Å². The van der Waals surface area contributed by atoms with E-state index in [1.54, 1.807) is 7.11 Å². The number of hydrogen-bond acceptors (Lipinski definition) is 2. The number of anilines is 1. The summed E-state index contributed by atoms with van der Waals surface area (Å²) in [5.74, 6) is 0.943. The highest BCUT2D eigenvalue weighted by atomic mass is 16.5. The van der Waals surface area contributed by atoms with Crippen LogP contribution in [0.4, 0.5) is 5.69 Å². The Morgan fingerprint density at radius 1 is 1.15 bits per heavy atom. The Balaban J connectivity index is 2.00. The largest absolute Gasteiger partial charge is 0.497 e. The molecule has 104 valence electrons. The minimum Gasteiger partial charge on any atom is -0.497 e. The predicted molar refractivity (Wildman–Crippen MR) is 83.8 cm³/mol. The smallest absolute Gasteiger partial charge is 0.119 e. The molecule has 0 fully saturated rings. The summed E-state index contributed by atoms with van der Waals surface area (Å²) >= 11 is 0. The summed E-state index contributed by atoms with van der Waals surface area (Å²) < 4.78 is 5.40. The first-order chi connectivity index (χ1) is 9.62. The SMILES string of the molecule is COc1ccc2c(c1)C(C)(Cc1ccccc1)CN2C. The number of hydrogen-bond donors (Lipinski definition) is 0. The molecule has 2 aromatic carbocycles. The number of ether oxygens (including phenoxy) is 1. The average Bonchev–Trinajstić information content (AvgIpc) is 2.71. The molecule has 0 aliphatic carbocycles. The Morgan fingerprint density at radius 2 is 1.90 bits per heavy atom. The van der Waals surface area contributed by atoms with E-state index in [-0.39, 0.29) is 5.41 Å². The van der Waals surface area contributed by atoms with Gasteiger partial charge in [-0.1, -0.05) is 37.3 Å². The van der Waals surface area contributed by atoms with Crippen molar-refractivity contribution in [2.24, 2.45) is 0 Å². The first-order valence-electron chi connectivity index (χ1n) is 7.06. The Labute approximate surface area is 121 Å². The molecule has 0 bridgehead atoms. The number of rotatable bonds is 3. The molecule has 0 radical (unpaired) electrons. The van der Waals surface area contributed by atoms with Gasteiger partial charge in [-0.3, -0.25) is 0 Å². The van der Waals surface area contributed by atoms with Crippen LogP contribution in [-0.2, 0) is 11.8 Å². The Bertz CT molecular complexity index is 608. The summed E-state index contributed by atoms with van der Waals surface area (Å²) in [5.41, 5.74) is 4.24. The molecule has 2 heteroatoms. The van der Waals surface area contributed by atoms with E-state index in [4.69, 9.17) is 4.74 Å². The van der Waals surface area contributed by atoms with E-state index in [0.717, 1.165) is 18.7 Å². The van der Waals surface area contributed by atoms with Crippen LogP contribution in [0.15, 0.2) is 48.5 Å². The van der Waals surface area contributed by atoms with E-state index >= 15 is 0 Å². The summed E-state index contributed by atoms with van der Waals surface area (Å²) in [7, 11) is 3.90. The third kappa shape index (κ3) is 2.15. The minimum atomic E-state index is 0.139. The molecule has 1 aliphatic rings. The normalized spacial score (nSPS) is 20.9. The third-order valence-electron chi connectivity index (χ3n) is 4.29. The Morgan fingerprint density at radius 3 is 2.60 bits per heavy atom.